The van der Waals surface area contributed by atoms with Crippen molar-refractivity contribution in [3.63, 3.8) is 0 Å². The highest BCUT2D eigenvalue weighted by Crippen LogP contribution is 2.14. The number of aliphatic carboxylic acids is 1. The van der Waals surface area contributed by atoms with E-state index in [0.29, 0.717) is 6.42 Å². The van der Waals surface area contributed by atoms with Gasteiger partial charge in [-0.1, -0.05) is 28.1 Å². The van der Waals surface area contributed by atoms with Gasteiger partial charge in [0.05, 0.1) is 17.9 Å². The summed E-state index contributed by atoms with van der Waals surface area (Å²) in [6.45, 7) is 0. The van der Waals surface area contributed by atoms with E-state index < -0.39 is 10.8 Å². The molecular formula is C10H10BrO3-. The van der Waals surface area contributed by atoms with E-state index >= 15 is 0 Å². The molecule has 0 saturated carbocycles. The number of halogens is 1. The zero-order chi connectivity index (χ0) is 10.6. The van der Waals surface area contributed by atoms with Gasteiger partial charge in [-0.15, -0.1) is 0 Å². The van der Waals surface area contributed by atoms with Gasteiger partial charge in [0.2, 0.25) is 0 Å². The summed E-state index contributed by atoms with van der Waals surface area (Å²) in [7, 11) is 1.59. The fourth-order valence-corrected chi connectivity index (χ4v) is 1.43. The van der Waals surface area contributed by atoms with Crippen LogP contribution in [0.3, 0.4) is 0 Å². The van der Waals surface area contributed by atoms with Crippen LogP contribution in [-0.4, -0.2) is 17.9 Å². The third-order valence-corrected chi connectivity index (χ3v) is 2.53. The van der Waals surface area contributed by atoms with Crippen LogP contribution in [0.25, 0.3) is 0 Å². The smallest absolute Gasteiger partial charge is 0.118 e. The molecule has 14 heavy (non-hydrogen) atoms. The van der Waals surface area contributed by atoms with E-state index in [0.717, 1.165) is 11.3 Å². The molecule has 0 fully saturated rings. The van der Waals surface area contributed by atoms with Crippen molar-refractivity contribution in [3.05, 3.63) is 29.8 Å². The Morgan fingerprint density at radius 1 is 1.50 bits per heavy atom. The van der Waals surface area contributed by atoms with E-state index in [2.05, 4.69) is 15.9 Å². The second kappa shape index (κ2) is 5.00. The molecule has 0 heterocycles. The monoisotopic (exact) mass is 257 g/mol. The minimum Gasteiger partial charge on any atom is -0.549 e. The molecule has 76 valence electrons. The van der Waals surface area contributed by atoms with Crippen LogP contribution in [0, 0.1) is 0 Å². The lowest BCUT2D eigenvalue weighted by Gasteiger charge is -2.10. The van der Waals surface area contributed by atoms with Gasteiger partial charge in [-0.05, 0) is 24.1 Å². The summed E-state index contributed by atoms with van der Waals surface area (Å²) < 4.78 is 4.98. The lowest BCUT2D eigenvalue weighted by atomic mass is 10.1. The molecule has 1 aromatic carbocycles. The molecule has 0 amide bonds. The molecule has 0 saturated heterocycles. The molecule has 0 aromatic heterocycles. The van der Waals surface area contributed by atoms with Gasteiger partial charge in [-0.25, -0.2) is 0 Å². The average molecular weight is 258 g/mol. The molecule has 1 aromatic rings. The lowest BCUT2D eigenvalue weighted by molar-refractivity contribution is -0.304. The van der Waals surface area contributed by atoms with Crippen molar-refractivity contribution in [2.24, 2.45) is 0 Å². The van der Waals surface area contributed by atoms with Gasteiger partial charge in [0, 0.05) is 0 Å². The van der Waals surface area contributed by atoms with Crippen LogP contribution in [0.5, 0.6) is 5.75 Å². The van der Waals surface area contributed by atoms with Crippen LogP contribution in [0.2, 0.25) is 0 Å². The van der Waals surface area contributed by atoms with Gasteiger partial charge in [-0.3, -0.25) is 0 Å². The summed E-state index contributed by atoms with van der Waals surface area (Å²) in [6, 6.07) is 7.25. The molecule has 0 aliphatic heterocycles. The van der Waals surface area contributed by atoms with Gasteiger partial charge in [0.25, 0.3) is 0 Å². The number of rotatable bonds is 4. The lowest BCUT2D eigenvalue weighted by Crippen LogP contribution is -2.32. The maximum Gasteiger partial charge on any atom is 0.118 e. The summed E-state index contributed by atoms with van der Waals surface area (Å²) in [4.78, 5) is 9.80. The van der Waals surface area contributed by atoms with E-state index in [1.807, 2.05) is 12.1 Å². The van der Waals surface area contributed by atoms with Crippen LogP contribution >= 0.6 is 15.9 Å². The normalized spacial score (nSPS) is 12.1. The number of carboxylic acid groups (broad SMARTS) is 1. The average Bonchev–Trinajstić information content (AvgIpc) is 2.19. The Hall–Kier alpha value is -1.03. The highest BCUT2D eigenvalue weighted by Gasteiger charge is 2.05. The number of hydrogen-bond donors (Lipinski definition) is 0. The van der Waals surface area contributed by atoms with Crippen molar-refractivity contribution >= 4 is 21.9 Å². The Balaban J connectivity index is 2.64. The molecule has 0 bridgehead atoms. The first-order chi connectivity index (χ1) is 6.63. The molecule has 1 rings (SSSR count). The van der Waals surface area contributed by atoms with Crippen LogP contribution < -0.4 is 9.84 Å². The van der Waals surface area contributed by atoms with E-state index in [-0.39, 0.29) is 0 Å². The Labute approximate surface area is 90.8 Å². The zero-order valence-electron chi connectivity index (χ0n) is 7.70. The molecule has 3 nitrogen and oxygen atoms in total. The summed E-state index contributed by atoms with van der Waals surface area (Å²) in [5.41, 5.74) is 0.928. The SMILES string of the molecule is COc1ccc(CC(Br)C(=O)[O-])cc1. The highest BCUT2D eigenvalue weighted by atomic mass is 79.9. The summed E-state index contributed by atoms with van der Waals surface area (Å²) in [5, 5.41) is 10.4. The van der Waals surface area contributed by atoms with Gasteiger partial charge in [0.15, 0.2) is 0 Å². The first-order valence-electron chi connectivity index (χ1n) is 4.11. The number of ether oxygens (including phenoxy) is 1. The van der Waals surface area contributed by atoms with Crippen molar-refractivity contribution in [3.8, 4) is 5.75 Å². The minimum atomic E-state index is -1.10. The fraction of sp³-hybridized carbons (Fsp3) is 0.300. The van der Waals surface area contributed by atoms with Crippen LogP contribution in [0.1, 0.15) is 5.56 Å². The van der Waals surface area contributed by atoms with Crippen molar-refractivity contribution in [1.29, 1.82) is 0 Å². The molecule has 0 radical (unpaired) electrons. The second-order valence-electron chi connectivity index (χ2n) is 2.84. The molecule has 1 unspecified atom stereocenters. The zero-order valence-corrected chi connectivity index (χ0v) is 9.28. The Morgan fingerprint density at radius 3 is 2.50 bits per heavy atom. The number of carbonyl (C=O) groups excluding carboxylic acids is 1. The molecular weight excluding hydrogens is 248 g/mol. The molecule has 1 atom stereocenters. The number of carbonyl (C=O) groups is 1. The summed E-state index contributed by atoms with van der Waals surface area (Å²) in [6.07, 6.45) is 0.409. The van der Waals surface area contributed by atoms with Crippen molar-refractivity contribution < 1.29 is 14.6 Å². The third-order valence-electron chi connectivity index (χ3n) is 1.83. The number of alkyl halides is 1. The van der Waals surface area contributed by atoms with Gasteiger partial charge in [-0.2, -0.15) is 0 Å². The molecule has 0 aliphatic rings. The standard InChI is InChI=1S/C10H11BrO3/c1-14-8-4-2-7(3-5-8)6-9(11)10(12)13/h2-5,9H,6H2,1H3,(H,12,13)/p-1. The quantitative estimate of drug-likeness (QED) is 0.749. The fourth-order valence-electron chi connectivity index (χ4n) is 1.05. The largest absolute Gasteiger partial charge is 0.549 e. The maximum atomic E-state index is 10.4. The van der Waals surface area contributed by atoms with E-state index in [1.54, 1.807) is 19.2 Å². The van der Waals surface area contributed by atoms with Crippen LogP contribution in [-0.2, 0) is 11.2 Å². The second-order valence-corrected chi connectivity index (χ2v) is 3.94. The van der Waals surface area contributed by atoms with E-state index in [1.165, 1.54) is 0 Å². The maximum absolute atomic E-state index is 10.4. The van der Waals surface area contributed by atoms with Crippen LogP contribution in [0.15, 0.2) is 24.3 Å². The summed E-state index contributed by atoms with van der Waals surface area (Å²) >= 11 is 3.02. The topological polar surface area (TPSA) is 49.4 Å². The first kappa shape index (κ1) is 11.0. The third kappa shape index (κ3) is 3.03. The molecule has 0 N–H and O–H groups in total. The van der Waals surface area contributed by atoms with Gasteiger partial charge < -0.3 is 14.6 Å². The predicted molar refractivity (Wildman–Crippen MR) is 54.4 cm³/mol. The Bertz CT molecular complexity index is 308. The predicted octanol–water partition coefficient (Wildman–Crippen LogP) is 0.751. The van der Waals surface area contributed by atoms with Crippen molar-refractivity contribution in [1.82, 2.24) is 0 Å². The Kier molecular flexibility index (Phi) is 3.95. The van der Waals surface area contributed by atoms with E-state index in [4.69, 9.17) is 4.74 Å². The molecule has 0 spiro atoms. The summed E-state index contributed by atoms with van der Waals surface area (Å²) in [5.74, 6) is -0.339. The van der Waals surface area contributed by atoms with Crippen molar-refractivity contribution in [2.75, 3.05) is 7.11 Å². The number of benzene rings is 1. The van der Waals surface area contributed by atoms with Gasteiger partial charge >= 0.3 is 0 Å². The molecule has 4 heteroatoms. The number of hydrogen-bond acceptors (Lipinski definition) is 3. The highest BCUT2D eigenvalue weighted by molar-refractivity contribution is 9.10. The van der Waals surface area contributed by atoms with Gasteiger partial charge in [0.1, 0.15) is 5.75 Å². The minimum absolute atomic E-state index is 0.409. The first-order valence-corrected chi connectivity index (χ1v) is 5.03. The molecule has 0 aliphatic carbocycles. The number of methoxy groups -OCH3 is 1. The van der Waals surface area contributed by atoms with Crippen molar-refractivity contribution in [2.45, 2.75) is 11.2 Å². The van der Waals surface area contributed by atoms with Crippen LogP contribution in [0.4, 0.5) is 0 Å². The van der Waals surface area contributed by atoms with E-state index in [9.17, 15) is 9.90 Å². The number of carboxylic acids is 1. The Morgan fingerprint density at radius 2 is 2.07 bits per heavy atom.